The van der Waals surface area contributed by atoms with Gasteiger partial charge in [0.1, 0.15) is 12.4 Å². The molecule has 0 saturated carbocycles. The predicted octanol–water partition coefficient (Wildman–Crippen LogP) is 5.24. The van der Waals surface area contributed by atoms with E-state index in [9.17, 15) is 9.36 Å². The van der Waals surface area contributed by atoms with E-state index >= 15 is 0 Å². The van der Waals surface area contributed by atoms with Gasteiger partial charge in [-0.1, -0.05) is 91.0 Å². The molecule has 0 bridgehead atoms. The monoisotopic (exact) mass is 424 g/mol. The van der Waals surface area contributed by atoms with Crippen LogP contribution in [0.25, 0.3) is 0 Å². The lowest BCUT2D eigenvalue weighted by atomic mass is 10.2. The third-order valence-electron chi connectivity index (χ3n) is 4.54. The first kappa shape index (κ1) is 21.8. The Morgan fingerprint density at radius 1 is 0.867 bits per heavy atom. The van der Waals surface area contributed by atoms with Crippen molar-refractivity contribution in [2.45, 2.75) is 18.9 Å². The highest BCUT2D eigenvalue weighted by molar-refractivity contribution is 7.57. The van der Waals surface area contributed by atoms with Crippen molar-refractivity contribution < 1.29 is 18.6 Å². The normalized spacial score (nSPS) is 13.8. The summed E-state index contributed by atoms with van der Waals surface area (Å²) in [4.78, 5) is 12.5. The smallest absolute Gasteiger partial charge is 0.408 e. The van der Waals surface area contributed by atoms with E-state index in [4.69, 9.17) is 9.26 Å². The van der Waals surface area contributed by atoms with Crippen LogP contribution in [0.15, 0.2) is 91.0 Å². The molecule has 0 spiro atoms. The Kier molecular flexibility index (Phi) is 7.80. The molecule has 7 heteroatoms. The summed E-state index contributed by atoms with van der Waals surface area (Å²) in [6.07, 6.45) is -0.675. The fraction of sp³-hybridized carbons (Fsp3) is 0.174. The van der Waals surface area contributed by atoms with Gasteiger partial charge in [0.25, 0.3) is 7.52 Å². The first-order valence-corrected chi connectivity index (χ1v) is 11.3. The molecule has 3 aromatic carbocycles. The SMILES string of the molecule is COP(=O)(NCc1ccccc1)C(NC(=O)OCc1ccccc1)c1ccccc1. The Balaban J connectivity index is 1.75. The number of benzene rings is 3. The number of hydrogen-bond acceptors (Lipinski definition) is 4. The van der Waals surface area contributed by atoms with Crippen molar-refractivity contribution in [3.63, 3.8) is 0 Å². The van der Waals surface area contributed by atoms with Gasteiger partial charge >= 0.3 is 6.09 Å². The van der Waals surface area contributed by atoms with E-state index < -0.39 is 19.4 Å². The molecule has 0 saturated heterocycles. The third-order valence-corrected chi connectivity index (χ3v) is 6.79. The van der Waals surface area contributed by atoms with E-state index in [-0.39, 0.29) is 6.61 Å². The average Bonchev–Trinajstić information content (AvgIpc) is 2.81. The highest BCUT2D eigenvalue weighted by Crippen LogP contribution is 2.54. The molecule has 156 valence electrons. The van der Waals surface area contributed by atoms with E-state index in [1.807, 2.05) is 78.9 Å². The largest absolute Gasteiger partial charge is 0.445 e. The minimum atomic E-state index is -3.51. The second kappa shape index (κ2) is 10.7. The lowest BCUT2D eigenvalue weighted by molar-refractivity contribution is 0.137. The van der Waals surface area contributed by atoms with Gasteiger partial charge in [-0.05, 0) is 16.7 Å². The van der Waals surface area contributed by atoms with Crippen LogP contribution in [0.4, 0.5) is 4.79 Å². The number of hydrogen-bond donors (Lipinski definition) is 2. The predicted molar refractivity (Wildman–Crippen MR) is 117 cm³/mol. The van der Waals surface area contributed by atoms with E-state index in [1.54, 1.807) is 12.1 Å². The first-order chi connectivity index (χ1) is 14.6. The lowest BCUT2D eigenvalue weighted by Crippen LogP contribution is -2.32. The number of nitrogens with one attached hydrogen (secondary N) is 2. The van der Waals surface area contributed by atoms with E-state index in [1.165, 1.54) is 7.11 Å². The highest BCUT2D eigenvalue weighted by Gasteiger charge is 2.36. The third kappa shape index (κ3) is 6.04. The van der Waals surface area contributed by atoms with Crippen LogP contribution in [0.5, 0.6) is 0 Å². The van der Waals surface area contributed by atoms with Crippen molar-refractivity contribution in [3.05, 3.63) is 108 Å². The Hall–Kier alpha value is -2.92. The van der Waals surface area contributed by atoms with Gasteiger partial charge in [0.15, 0.2) is 0 Å². The van der Waals surface area contributed by atoms with Crippen molar-refractivity contribution in [2.75, 3.05) is 7.11 Å². The van der Waals surface area contributed by atoms with Gasteiger partial charge in [-0.3, -0.25) is 4.57 Å². The second-order valence-corrected chi connectivity index (χ2v) is 9.01. The van der Waals surface area contributed by atoms with Crippen LogP contribution >= 0.6 is 7.52 Å². The molecule has 0 fully saturated rings. The summed E-state index contributed by atoms with van der Waals surface area (Å²) in [5, 5.41) is 5.72. The number of alkyl carbamates (subject to hydrolysis) is 1. The van der Waals surface area contributed by atoms with E-state index in [2.05, 4.69) is 10.4 Å². The van der Waals surface area contributed by atoms with Crippen LogP contribution in [0.1, 0.15) is 22.5 Å². The Morgan fingerprint density at radius 3 is 1.97 bits per heavy atom. The maximum Gasteiger partial charge on any atom is 0.408 e. The molecule has 0 aliphatic heterocycles. The summed E-state index contributed by atoms with van der Waals surface area (Å²) < 4.78 is 24.4. The summed E-state index contributed by atoms with van der Waals surface area (Å²) in [5.41, 5.74) is 2.47. The van der Waals surface area contributed by atoms with Crippen LogP contribution in [0.3, 0.4) is 0 Å². The molecule has 0 aliphatic rings. The molecular weight excluding hydrogens is 399 g/mol. The van der Waals surface area contributed by atoms with Gasteiger partial charge in [-0.15, -0.1) is 0 Å². The molecule has 6 nitrogen and oxygen atoms in total. The van der Waals surface area contributed by atoms with Crippen molar-refractivity contribution in [1.82, 2.24) is 10.4 Å². The second-order valence-electron chi connectivity index (χ2n) is 6.62. The van der Waals surface area contributed by atoms with Crippen molar-refractivity contribution in [1.29, 1.82) is 0 Å². The van der Waals surface area contributed by atoms with Gasteiger partial charge in [0.05, 0.1) is 0 Å². The van der Waals surface area contributed by atoms with Crippen molar-refractivity contribution in [3.8, 4) is 0 Å². The molecule has 0 radical (unpaired) electrons. The highest BCUT2D eigenvalue weighted by atomic mass is 31.2. The maximum atomic E-state index is 13.7. The van der Waals surface area contributed by atoms with Gasteiger partial charge in [-0.25, -0.2) is 9.88 Å². The lowest BCUT2D eigenvalue weighted by Gasteiger charge is -2.27. The van der Waals surface area contributed by atoms with Crippen LogP contribution in [0, 0.1) is 0 Å². The molecule has 2 atom stereocenters. The molecule has 2 N–H and O–H groups in total. The van der Waals surface area contributed by atoms with Gasteiger partial charge in [-0.2, -0.15) is 0 Å². The summed E-state index contributed by atoms with van der Waals surface area (Å²) in [5.74, 6) is -0.907. The van der Waals surface area contributed by atoms with Crippen LogP contribution < -0.4 is 10.4 Å². The molecule has 3 rings (SSSR count). The van der Waals surface area contributed by atoms with Gasteiger partial charge < -0.3 is 14.6 Å². The zero-order valence-corrected chi connectivity index (χ0v) is 17.6. The number of amides is 1. The zero-order valence-electron chi connectivity index (χ0n) is 16.7. The summed E-state index contributed by atoms with van der Waals surface area (Å²) in [6.45, 7) is 0.443. The number of ether oxygens (including phenoxy) is 1. The Bertz CT molecular complexity index is 968. The molecule has 0 aliphatic carbocycles. The fourth-order valence-electron chi connectivity index (χ4n) is 2.93. The minimum absolute atomic E-state index is 0.114. The Labute approximate surface area is 176 Å². The molecule has 30 heavy (non-hydrogen) atoms. The van der Waals surface area contributed by atoms with Gasteiger partial charge in [0.2, 0.25) is 0 Å². The summed E-state index contributed by atoms with van der Waals surface area (Å²) in [7, 11) is -2.14. The van der Waals surface area contributed by atoms with Gasteiger partial charge in [0, 0.05) is 13.7 Å². The fourth-order valence-corrected chi connectivity index (χ4v) is 4.70. The molecule has 3 aromatic rings. The van der Waals surface area contributed by atoms with Crippen molar-refractivity contribution in [2.24, 2.45) is 0 Å². The minimum Gasteiger partial charge on any atom is -0.445 e. The quantitative estimate of drug-likeness (QED) is 0.460. The molecular formula is C23H25N2O4P. The van der Waals surface area contributed by atoms with Crippen LogP contribution in [0.2, 0.25) is 0 Å². The average molecular weight is 424 g/mol. The first-order valence-electron chi connectivity index (χ1n) is 9.57. The number of carbonyl (C=O) groups excluding carboxylic acids is 1. The molecule has 1 amide bonds. The van der Waals surface area contributed by atoms with E-state index in [0.29, 0.717) is 12.1 Å². The van der Waals surface area contributed by atoms with E-state index in [0.717, 1.165) is 11.1 Å². The molecule has 0 heterocycles. The van der Waals surface area contributed by atoms with Crippen LogP contribution in [-0.2, 0) is 27.0 Å². The Morgan fingerprint density at radius 2 is 1.40 bits per heavy atom. The number of rotatable bonds is 9. The number of carbonyl (C=O) groups is 1. The zero-order chi connectivity index (χ0) is 21.2. The van der Waals surface area contributed by atoms with Crippen LogP contribution in [-0.4, -0.2) is 13.2 Å². The summed E-state index contributed by atoms with van der Waals surface area (Å²) >= 11 is 0. The van der Waals surface area contributed by atoms with Crippen molar-refractivity contribution >= 4 is 13.6 Å². The molecule has 0 aromatic heterocycles. The topological polar surface area (TPSA) is 76.7 Å². The molecule has 2 unspecified atom stereocenters. The summed E-state index contributed by atoms with van der Waals surface area (Å²) in [6, 6.07) is 28.0. The maximum absolute atomic E-state index is 13.7. The standard InChI is InChI=1S/C23H25N2O4P/c1-28-30(27,24-17-19-11-5-2-6-12-19)22(21-15-9-4-10-16-21)25-23(26)29-18-20-13-7-3-8-14-20/h2-16,22H,17-18H2,1H3,(H,24,27)(H,25,26).